The molecule has 1 atom stereocenters. The van der Waals surface area contributed by atoms with E-state index in [1.807, 2.05) is 37.3 Å². The lowest BCUT2D eigenvalue weighted by molar-refractivity contribution is -0.133. The van der Waals surface area contributed by atoms with Crippen molar-refractivity contribution in [2.24, 2.45) is 0 Å². The van der Waals surface area contributed by atoms with E-state index in [1.165, 1.54) is 0 Å². The molecule has 0 fully saturated rings. The van der Waals surface area contributed by atoms with Crippen molar-refractivity contribution in [3.8, 4) is 0 Å². The number of nitrogens with zero attached hydrogens (tertiary/aromatic N) is 1. The largest absolute Gasteiger partial charge is 0.389 e. The van der Waals surface area contributed by atoms with Gasteiger partial charge in [0.1, 0.15) is 0 Å². The van der Waals surface area contributed by atoms with Crippen LogP contribution in [0, 0.1) is 0 Å². The molecule has 1 unspecified atom stereocenters. The number of benzene rings is 1. The number of rotatable bonds is 6. The Morgan fingerprint density at radius 1 is 1.37 bits per heavy atom. The lowest BCUT2D eigenvalue weighted by atomic mass is 10.1. The van der Waals surface area contributed by atoms with E-state index in [-0.39, 0.29) is 11.2 Å². The van der Waals surface area contributed by atoms with E-state index in [9.17, 15) is 9.90 Å². The number of carbonyl (C=O) groups excluding carboxylic acids is 1. The molecule has 0 heterocycles. The molecule has 1 amide bonds. The van der Waals surface area contributed by atoms with Gasteiger partial charge >= 0.3 is 0 Å². The van der Waals surface area contributed by atoms with Gasteiger partial charge in [-0.3, -0.25) is 4.79 Å². The average molecular weight is 281 g/mol. The first-order valence-electron chi connectivity index (χ1n) is 6.56. The fraction of sp³-hybridized carbons (Fsp3) is 0.533. The van der Waals surface area contributed by atoms with Gasteiger partial charge in [0.15, 0.2) is 0 Å². The van der Waals surface area contributed by atoms with Crippen molar-refractivity contribution in [2.45, 2.75) is 38.0 Å². The zero-order valence-corrected chi connectivity index (χ0v) is 12.7. The minimum absolute atomic E-state index is 0.0307. The van der Waals surface area contributed by atoms with Gasteiger partial charge in [-0.05, 0) is 32.8 Å². The highest BCUT2D eigenvalue weighted by Crippen LogP contribution is 2.13. The van der Waals surface area contributed by atoms with Crippen LogP contribution in [-0.2, 0) is 11.2 Å². The van der Waals surface area contributed by atoms with Gasteiger partial charge in [0.25, 0.3) is 0 Å². The highest BCUT2D eigenvalue weighted by Gasteiger charge is 2.25. The number of amides is 1. The molecule has 0 aliphatic rings. The van der Waals surface area contributed by atoms with Crippen molar-refractivity contribution in [2.75, 3.05) is 13.1 Å². The van der Waals surface area contributed by atoms with Gasteiger partial charge in [0.05, 0.1) is 10.9 Å². The molecule has 0 aliphatic carbocycles. The average Bonchev–Trinajstić information content (AvgIpc) is 2.35. The van der Waals surface area contributed by atoms with Crippen LogP contribution in [0.2, 0.25) is 0 Å². The first-order valence-corrected chi connectivity index (χ1v) is 7.08. The Hall–Kier alpha value is -1.00. The summed E-state index contributed by atoms with van der Waals surface area (Å²) in [6, 6.07) is 9.83. The van der Waals surface area contributed by atoms with Crippen LogP contribution < -0.4 is 0 Å². The Kier molecular flexibility index (Phi) is 5.88. The number of hydrogen-bond acceptors (Lipinski definition) is 3. The van der Waals surface area contributed by atoms with Gasteiger partial charge in [0.2, 0.25) is 5.91 Å². The third-order valence-corrected chi connectivity index (χ3v) is 3.23. The van der Waals surface area contributed by atoms with Crippen LogP contribution in [0.15, 0.2) is 30.3 Å². The Morgan fingerprint density at radius 2 is 1.95 bits per heavy atom. The summed E-state index contributed by atoms with van der Waals surface area (Å²) >= 11 is 4.41. The maximum absolute atomic E-state index is 12.3. The second-order valence-corrected chi connectivity index (χ2v) is 5.99. The summed E-state index contributed by atoms with van der Waals surface area (Å²) in [4.78, 5) is 13.9. The van der Waals surface area contributed by atoms with Crippen LogP contribution in [0.3, 0.4) is 0 Å². The van der Waals surface area contributed by atoms with E-state index in [0.29, 0.717) is 19.5 Å². The maximum Gasteiger partial charge on any atom is 0.235 e. The smallest absolute Gasteiger partial charge is 0.235 e. The quantitative estimate of drug-likeness (QED) is 0.784. The number of hydrogen-bond donors (Lipinski definition) is 2. The minimum Gasteiger partial charge on any atom is -0.389 e. The summed E-state index contributed by atoms with van der Waals surface area (Å²) in [5.74, 6) is -0.0307. The number of carbonyl (C=O) groups is 1. The lowest BCUT2D eigenvalue weighted by Gasteiger charge is -2.30. The number of likely N-dealkylation sites (N-methyl/N-ethyl adjacent to an activating group) is 1. The molecule has 3 nitrogen and oxygen atoms in total. The second kappa shape index (κ2) is 6.96. The molecule has 19 heavy (non-hydrogen) atoms. The van der Waals surface area contributed by atoms with Crippen molar-refractivity contribution in [1.82, 2.24) is 4.90 Å². The summed E-state index contributed by atoms with van der Waals surface area (Å²) in [6.07, 6.45) is 0.602. The van der Waals surface area contributed by atoms with E-state index in [1.54, 1.807) is 18.7 Å². The van der Waals surface area contributed by atoms with Crippen molar-refractivity contribution in [3.05, 3.63) is 35.9 Å². The van der Waals surface area contributed by atoms with Crippen LogP contribution >= 0.6 is 12.6 Å². The van der Waals surface area contributed by atoms with E-state index < -0.39 is 5.60 Å². The minimum atomic E-state index is -0.883. The third-order valence-electron chi connectivity index (χ3n) is 2.83. The van der Waals surface area contributed by atoms with E-state index in [4.69, 9.17) is 0 Å². The summed E-state index contributed by atoms with van der Waals surface area (Å²) in [5.41, 5.74) is 0.210. The first-order chi connectivity index (χ1) is 8.83. The predicted octanol–water partition coefficient (Wildman–Crippen LogP) is 2.15. The molecule has 0 aromatic heterocycles. The van der Waals surface area contributed by atoms with Crippen molar-refractivity contribution < 1.29 is 9.90 Å². The molecule has 4 heteroatoms. The molecule has 1 aromatic carbocycles. The highest BCUT2D eigenvalue weighted by molar-refractivity contribution is 7.81. The molecule has 0 spiro atoms. The van der Waals surface area contributed by atoms with Crippen LogP contribution in [0.5, 0.6) is 0 Å². The summed E-state index contributed by atoms with van der Waals surface area (Å²) in [6.45, 7) is 6.22. The van der Waals surface area contributed by atoms with E-state index in [0.717, 1.165) is 5.56 Å². The Morgan fingerprint density at radius 3 is 2.42 bits per heavy atom. The molecular weight excluding hydrogens is 258 g/mol. The third kappa shape index (κ3) is 5.66. The molecule has 0 radical (unpaired) electrons. The Bertz CT molecular complexity index is 400. The van der Waals surface area contributed by atoms with Gasteiger partial charge in [-0.15, -0.1) is 0 Å². The van der Waals surface area contributed by atoms with Crippen molar-refractivity contribution in [1.29, 1.82) is 0 Å². The molecule has 1 N–H and O–H groups in total. The van der Waals surface area contributed by atoms with E-state index in [2.05, 4.69) is 12.6 Å². The maximum atomic E-state index is 12.3. The fourth-order valence-corrected chi connectivity index (χ4v) is 2.32. The molecule has 0 aliphatic heterocycles. The summed E-state index contributed by atoms with van der Waals surface area (Å²) in [7, 11) is 0. The zero-order chi connectivity index (χ0) is 14.5. The van der Waals surface area contributed by atoms with Crippen molar-refractivity contribution >= 4 is 18.5 Å². The summed E-state index contributed by atoms with van der Waals surface area (Å²) < 4.78 is 0. The topological polar surface area (TPSA) is 40.5 Å². The fourth-order valence-electron chi connectivity index (χ4n) is 1.95. The lowest BCUT2D eigenvalue weighted by Crippen LogP contribution is -2.45. The molecule has 0 saturated carbocycles. The SMILES string of the molecule is CCN(CC(C)(C)O)C(=O)C(S)Cc1ccccc1. The van der Waals surface area contributed by atoms with Crippen LogP contribution in [0.4, 0.5) is 0 Å². The molecular formula is C15H23NO2S. The van der Waals surface area contributed by atoms with Crippen LogP contribution in [-0.4, -0.2) is 39.9 Å². The van der Waals surface area contributed by atoms with E-state index >= 15 is 0 Å². The normalized spacial score (nSPS) is 13.1. The standard InChI is InChI=1S/C15H23NO2S/c1-4-16(11-15(2,3)18)14(17)13(19)10-12-8-6-5-7-9-12/h5-9,13,18-19H,4,10-11H2,1-3H3. The van der Waals surface area contributed by atoms with Crippen LogP contribution in [0.25, 0.3) is 0 Å². The summed E-state index contributed by atoms with van der Waals surface area (Å²) in [5, 5.41) is 9.45. The Labute approximate surface area is 121 Å². The molecule has 106 valence electrons. The van der Waals surface area contributed by atoms with Gasteiger partial charge in [-0.1, -0.05) is 30.3 Å². The molecule has 0 saturated heterocycles. The van der Waals surface area contributed by atoms with Gasteiger partial charge in [0, 0.05) is 13.1 Å². The zero-order valence-electron chi connectivity index (χ0n) is 11.8. The van der Waals surface area contributed by atoms with Crippen molar-refractivity contribution in [3.63, 3.8) is 0 Å². The molecule has 1 rings (SSSR count). The Balaban J connectivity index is 2.64. The van der Waals surface area contributed by atoms with Gasteiger partial charge < -0.3 is 10.0 Å². The predicted molar refractivity (Wildman–Crippen MR) is 81.5 cm³/mol. The molecule has 0 bridgehead atoms. The first kappa shape index (κ1) is 16.1. The second-order valence-electron chi connectivity index (χ2n) is 5.37. The number of aliphatic hydroxyl groups is 1. The van der Waals surface area contributed by atoms with Crippen LogP contribution in [0.1, 0.15) is 26.3 Å². The highest BCUT2D eigenvalue weighted by atomic mass is 32.1. The van der Waals surface area contributed by atoms with Gasteiger partial charge in [-0.25, -0.2) is 0 Å². The number of thiol groups is 1. The van der Waals surface area contributed by atoms with Gasteiger partial charge in [-0.2, -0.15) is 12.6 Å². The monoisotopic (exact) mass is 281 g/mol. The molecule has 1 aromatic rings.